The van der Waals surface area contributed by atoms with Crippen LogP contribution in [0.4, 0.5) is 10.5 Å². The first-order valence-electron chi connectivity index (χ1n) is 13.9. The van der Waals surface area contributed by atoms with E-state index in [9.17, 15) is 23.1 Å². The number of rotatable bonds is 8. The van der Waals surface area contributed by atoms with Crippen LogP contribution in [-0.2, 0) is 10.0 Å². The first kappa shape index (κ1) is 29.7. The fourth-order valence-electron chi connectivity index (χ4n) is 5.20. The highest BCUT2D eigenvalue weighted by Crippen LogP contribution is 2.31. The van der Waals surface area contributed by atoms with Gasteiger partial charge in [0.25, 0.3) is 15.9 Å². The van der Waals surface area contributed by atoms with Gasteiger partial charge >= 0.3 is 6.03 Å². The van der Waals surface area contributed by atoms with Crippen LogP contribution >= 0.6 is 0 Å². The lowest BCUT2D eigenvalue weighted by Gasteiger charge is -2.38. The Bertz CT molecular complexity index is 1280. The van der Waals surface area contributed by atoms with Crippen LogP contribution in [0.3, 0.4) is 0 Å². The Hall–Kier alpha value is -3.31. The molecule has 10 nitrogen and oxygen atoms in total. The Morgan fingerprint density at radius 2 is 1.85 bits per heavy atom. The molecule has 40 heavy (non-hydrogen) atoms. The molecule has 3 atom stereocenters. The molecule has 0 spiro atoms. The molecule has 0 bridgehead atoms. The molecule has 0 unspecified atom stereocenters. The summed E-state index contributed by atoms with van der Waals surface area (Å²) < 4.78 is 34.7. The number of sulfonamides is 1. The second-order valence-electron chi connectivity index (χ2n) is 10.9. The molecule has 0 radical (unpaired) electrons. The zero-order chi connectivity index (χ0) is 28.9. The van der Waals surface area contributed by atoms with Crippen LogP contribution in [0.15, 0.2) is 53.4 Å². The second-order valence-corrected chi connectivity index (χ2v) is 12.6. The van der Waals surface area contributed by atoms with Gasteiger partial charge in [0, 0.05) is 31.2 Å². The molecule has 3 amide bonds. The third-order valence-corrected chi connectivity index (χ3v) is 9.10. The smallest absolute Gasteiger partial charge is 0.317 e. The van der Waals surface area contributed by atoms with Crippen molar-refractivity contribution in [3.8, 4) is 5.75 Å². The van der Waals surface area contributed by atoms with Crippen molar-refractivity contribution in [2.24, 2.45) is 5.92 Å². The summed E-state index contributed by atoms with van der Waals surface area (Å²) in [6, 6.07) is 12.1. The van der Waals surface area contributed by atoms with Gasteiger partial charge in [0.05, 0.1) is 29.7 Å². The molecule has 1 fully saturated rings. The average molecular weight is 573 g/mol. The number of aliphatic hydroxyl groups excluding tert-OH is 1. The van der Waals surface area contributed by atoms with Crippen molar-refractivity contribution in [1.82, 2.24) is 15.1 Å². The maximum absolute atomic E-state index is 13.7. The van der Waals surface area contributed by atoms with E-state index >= 15 is 0 Å². The maximum Gasteiger partial charge on any atom is 0.317 e. The van der Waals surface area contributed by atoms with E-state index in [1.165, 1.54) is 24.6 Å². The zero-order valence-corrected chi connectivity index (χ0v) is 24.2. The standard InChI is InChI=1S/C29H40N4O6S/c1-20-17-33(21(2)19-34)28(35)25-16-23(31-40(37,38)24-12-8-5-9-13-24)14-15-26(25)39-27(20)18-32(3)29(36)30-22-10-6-4-7-11-22/h5,8-9,12-16,20-22,27,31,34H,4,6-7,10-11,17-19H2,1-3H3,(H,30,36)/t20-,21-,27+/m1/s1. The third-order valence-electron chi connectivity index (χ3n) is 7.70. The van der Waals surface area contributed by atoms with Crippen LogP contribution in [0.2, 0.25) is 0 Å². The van der Waals surface area contributed by atoms with Crippen molar-refractivity contribution in [2.45, 2.75) is 69.0 Å². The van der Waals surface area contributed by atoms with Crippen LogP contribution in [0.1, 0.15) is 56.3 Å². The van der Waals surface area contributed by atoms with E-state index in [-0.39, 0.29) is 53.2 Å². The Morgan fingerprint density at radius 1 is 1.15 bits per heavy atom. The summed E-state index contributed by atoms with van der Waals surface area (Å²) in [4.78, 5) is 29.9. The fraction of sp³-hybridized carbons (Fsp3) is 0.517. The molecule has 2 aliphatic rings. The van der Waals surface area contributed by atoms with Gasteiger partial charge < -0.3 is 25.0 Å². The van der Waals surface area contributed by atoms with E-state index in [0.717, 1.165) is 25.7 Å². The van der Waals surface area contributed by atoms with E-state index in [1.807, 2.05) is 6.92 Å². The van der Waals surface area contributed by atoms with E-state index in [2.05, 4.69) is 10.0 Å². The van der Waals surface area contributed by atoms with Crippen molar-refractivity contribution in [3.63, 3.8) is 0 Å². The molecule has 4 rings (SSSR count). The van der Waals surface area contributed by atoms with Crippen molar-refractivity contribution in [2.75, 3.05) is 31.5 Å². The first-order chi connectivity index (χ1) is 19.1. The Morgan fingerprint density at radius 3 is 2.52 bits per heavy atom. The lowest BCUT2D eigenvalue weighted by Crippen LogP contribution is -2.52. The number of ether oxygens (including phenoxy) is 1. The number of nitrogens with one attached hydrogen (secondary N) is 2. The lowest BCUT2D eigenvalue weighted by atomic mass is 9.96. The van der Waals surface area contributed by atoms with Gasteiger partial charge in [-0.25, -0.2) is 13.2 Å². The summed E-state index contributed by atoms with van der Waals surface area (Å²) in [5, 5.41) is 13.0. The third kappa shape index (κ3) is 7.06. The van der Waals surface area contributed by atoms with Crippen LogP contribution in [-0.4, -0.2) is 80.2 Å². The highest BCUT2D eigenvalue weighted by Gasteiger charge is 2.34. The van der Waals surface area contributed by atoms with E-state index < -0.39 is 22.2 Å². The van der Waals surface area contributed by atoms with Gasteiger partial charge in [0.1, 0.15) is 11.9 Å². The van der Waals surface area contributed by atoms with Crippen LogP contribution in [0.25, 0.3) is 0 Å². The van der Waals surface area contributed by atoms with Crippen molar-refractivity contribution in [1.29, 1.82) is 0 Å². The van der Waals surface area contributed by atoms with Gasteiger partial charge in [-0.05, 0) is 50.1 Å². The van der Waals surface area contributed by atoms with Gasteiger partial charge in [-0.1, -0.05) is 44.4 Å². The Balaban J connectivity index is 1.59. The van der Waals surface area contributed by atoms with Crippen LogP contribution in [0.5, 0.6) is 5.75 Å². The molecular weight excluding hydrogens is 532 g/mol. The molecule has 218 valence electrons. The molecule has 0 aromatic heterocycles. The highest BCUT2D eigenvalue weighted by atomic mass is 32.2. The summed E-state index contributed by atoms with van der Waals surface area (Å²) in [7, 11) is -2.14. The van der Waals surface area contributed by atoms with Crippen molar-refractivity contribution in [3.05, 3.63) is 54.1 Å². The number of hydrogen-bond acceptors (Lipinski definition) is 6. The number of hydrogen-bond donors (Lipinski definition) is 3. The average Bonchev–Trinajstić information content (AvgIpc) is 2.95. The Labute approximate surface area is 236 Å². The van der Waals surface area contributed by atoms with Gasteiger partial charge in [-0.3, -0.25) is 9.52 Å². The van der Waals surface area contributed by atoms with Gasteiger partial charge in [-0.15, -0.1) is 0 Å². The molecular formula is C29H40N4O6S. The predicted molar refractivity (Wildman–Crippen MR) is 153 cm³/mol. The Kier molecular flexibility index (Phi) is 9.57. The summed E-state index contributed by atoms with van der Waals surface area (Å²) >= 11 is 0. The quantitative estimate of drug-likeness (QED) is 0.443. The minimum Gasteiger partial charge on any atom is -0.487 e. The highest BCUT2D eigenvalue weighted by molar-refractivity contribution is 7.92. The summed E-state index contributed by atoms with van der Waals surface area (Å²) in [5.41, 5.74) is 0.394. The number of carbonyl (C=O) groups is 2. The molecule has 3 N–H and O–H groups in total. The molecule has 2 aromatic rings. The molecule has 2 aromatic carbocycles. The minimum atomic E-state index is -3.87. The molecule has 1 saturated carbocycles. The largest absolute Gasteiger partial charge is 0.487 e. The number of nitrogens with zero attached hydrogens (tertiary/aromatic N) is 2. The fourth-order valence-corrected chi connectivity index (χ4v) is 6.27. The van der Waals surface area contributed by atoms with E-state index in [1.54, 1.807) is 54.1 Å². The van der Waals surface area contributed by atoms with Crippen molar-refractivity contribution >= 4 is 27.6 Å². The van der Waals surface area contributed by atoms with Gasteiger partial charge in [0.2, 0.25) is 0 Å². The molecule has 1 aliphatic carbocycles. The maximum atomic E-state index is 13.7. The van der Waals surface area contributed by atoms with Gasteiger partial charge in [0.15, 0.2) is 0 Å². The number of benzene rings is 2. The first-order valence-corrected chi connectivity index (χ1v) is 15.4. The van der Waals surface area contributed by atoms with E-state index in [4.69, 9.17) is 4.74 Å². The predicted octanol–water partition coefficient (Wildman–Crippen LogP) is 3.68. The number of anilines is 1. The number of aliphatic hydroxyl groups is 1. The summed E-state index contributed by atoms with van der Waals surface area (Å²) in [6.07, 6.45) is 4.95. The number of amides is 3. The SMILES string of the molecule is C[C@@H]1CN([C@H](C)CO)C(=O)c2cc(NS(=O)(=O)c3ccccc3)ccc2O[C@H]1CN(C)C(=O)NC1CCCCC1. The normalized spacial score (nSPS) is 20.9. The summed E-state index contributed by atoms with van der Waals surface area (Å²) in [5.74, 6) is -0.237. The second kappa shape index (κ2) is 12.9. The van der Waals surface area contributed by atoms with E-state index in [0.29, 0.717) is 12.3 Å². The molecule has 1 heterocycles. The molecule has 0 saturated heterocycles. The number of urea groups is 1. The summed E-state index contributed by atoms with van der Waals surface area (Å²) in [6.45, 7) is 4.06. The number of carbonyl (C=O) groups excluding carboxylic acids is 2. The van der Waals surface area contributed by atoms with Crippen LogP contribution in [0, 0.1) is 5.92 Å². The lowest BCUT2D eigenvalue weighted by molar-refractivity contribution is 0.0366. The number of likely N-dealkylation sites (N-methyl/N-ethyl adjacent to an activating group) is 1. The topological polar surface area (TPSA) is 128 Å². The van der Waals surface area contributed by atoms with Crippen molar-refractivity contribution < 1.29 is 27.9 Å². The molecule has 1 aliphatic heterocycles. The van der Waals surface area contributed by atoms with Gasteiger partial charge in [-0.2, -0.15) is 0 Å². The zero-order valence-electron chi connectivity index (χ0n) is 23.4. The number of fused-ring (bicyclic) bond motifs is 1. The van der Waals surface area contributed by atoms with Crippen LogP contribution < -0.4 is 14.8 Å². The molecule has 11 heteroatoms. The monoisotopic (exact) mass is 572 g/mol. The minimum absolute atomic E-state index is 0.100.